The average Bonchev–Trinajstić information content (AvgIpc) is 2.64. The minimum Gasteiger partial charge on any atom is -0.491 e. The van der Waals surface area contributed by atoms with Crippen molar-refractivity contribution in [2.24, 2.45) is 0 Å². The molecule has 0 saturated carbocycles. The topological polar surface area (TPSA) is 75.7 Å². The summed E-state index contributed by atoms with van der Waals surface area (Å²) in [7, 11) is -3.40. The fourth-order valence-electron chi connectivity index (χ4n) is 2.71. The number of hydrogen-bond donors (Lipinski definition) is 1. The summed E-state index contributed by atoms with van der Waals surface area (Å²) in [5.41, 5.74) is 1.76. The highest BCUT2D eigenvalue weighted by atomic mass is 32.2. The van der Waals surface area contributed by atoms with Crippen molar-refractivity contribution in [3.63, 3.8) is 0 Å². The molecule has 0 radical (unpaired) electrons. The van der Waals surface area contributed by atoms with Gasteiger partial charge in [0.25, 0.3) is 0 Å². The van der Waals surface area contributed by atoms with Gasteiger partial charge in [-0.3, -0.25) is 9.10 Å². The van der Waals surface area contributed by atoms with Gasteiger partial charge in [0.1, 0.15) is 12.4 Å². The summed E-state index contributed by atoms with van der Waals surface area (Å²) in [6.07, 6.45) is 1.84. The molecular formula is C21H28N2O4S. The van der Waals surface area contributed by atoms with Crippen molar-refractivity contribution in [3.05, 3.63) is 60.2 Å². The number of hydrogen-bond acceptors (Lipinski definition) is 4. The molecule has 0 bridgehead atoms. The van der Waals surface area contributed by atoms with E-state index in [-0.39, 0.29) is 24.9 Å². The van der Waals surface area contributed by atoms with E-state index >= 15 is 0 Å². The molecule has 0 aliphatic rings. The van der Waals surface area contributed by atoms with Gasteiger partial charge in [0.05, 0.1) is 18.0 Å². The first-order valence-corrected chi connectivity index (χ1v) is 11.1. The molecule has 2 rings (SSSR count). The zero-order chi connectivity index (χ0) is 20.6. The van der Waals surface area contributed by atoms with Gasteiger partial charge in [-0.15, -0.1) is 0 Å². The highest BCUT2D eigenvalue weighted by Crippen LogP contribution is 2.17. The molecule has 0 aromatic heterocycles. The Morgan fingerprint density at radius 3 is 2.36 bits per heavy atom. The normalized spacial score (nSPS) is 12.2. The quantitative estimate of drug-likeness (QED) is 0.660. The molecule has 7 heteroatoms. The standard InChI is InChI=1S/C21H28N2O4S/c1-17-11-13-20(14-12-17)27-16-18(2)22-21(24)10-7-15-23(28(3,25)26)19-8-5-4-6-9-19/h4-6,8-9,11-14,18H,7,10,15-16H2,1-3H3,(H,22,24)/t18-/m1/s1. The molecule has 2 aromatic carbocycles. The smallest absolute Gasteiger partial charge is 0.232 e. The van der Waals surface area contributed by atoms with Crippen LogP contribution in [0.5, 0.6) is 5.75 Å². The van der Waals surface area contributed by atoms with Gasteiger partial charge >= 0.3 is 0 Å². The lowest BCUT2D eigenvalue weighted by Crippen LogP contribution is -2.37. The second-order valence-corrected chi connectivity index (χ2v) is 8.77. The molecule has 1 atom stereocenters. The highest BCUT2D eigenvalue weighted by molar-refractivity contribution is 7.92. The van der Waals surface area contributed by atoms with Gasteiger partial charge in [-0.1, -0.05) is 35.9 Å². The molecule has 28 heavy (non-hydrogen) atoms. The van der Waals surface area contributed by atoms with Crippen molar-refractivity contribution < 1.29 is 17.9 Å². The molecule has 152 valence electrons. The maximum Gasteiger partial charge on any atom is 0.232 e. The predicted octanol–water partition coefficient (Wildman–Crippen LogP) is 3.12. The van der Waals surface area contributed by atoms with Crippen LogP contribution in [0.2, 0.25) is 0 Å². The third-order valence-electron chi connectivity index (χ3n) is 4.14. The summed E-state index contributed by atoms with van der Waals surface area (Å²) < 4.78 is 31.1. The van der Waals surface area contributed by atoms with E-state index in [0.29, 0.717) is 18.7 Å². The molecule has 1 N–H and O–H groups in total. The van der Waals surface area contributed by atoms with Gasteiger partial charge in [0, 0.05) is 13.0 Å². The minimum absolute atomic E-state index is 0.124. The van der Waals surface area contributed by atoms with E-state index in [1.807, 2.05) is 44.2 Å². The number of nitrogens with zero attached hydrogens (tertiary/aromatic N) is 1. The number of nitrogens with one attached hydrogen (secondary N) is 1. The van der Waals surface area contributed by atoms with Crippen molar-refractivity contribution in [2.45, 2.75) is 32.7 Å². The lowest BCUT2D eigenvalue weighted by Gasteiger charge is -2.22. The van der Waals surface area contributed by atoms with E-state index in [2.05, 4.69) is 5.32 Å². The summed E-state index contributed by atoms with van der Waals surface area (Å²) in [6, 6.07) is 16.5. The van der Waals surface area contributed by atoms with Gasteiger partial charge in [-0.05, 0) is 44.5 Å². The largest absolute Gasteiger partial charge is 0.491 e. The number of ether oxygens (including phenoxy) is 1. The van der Waals surface area contributed by atoms with E-state index in [1.165, 1.54) is 10.6 Å². The van der Waals surface area contributed by atoms with Crippen LogP contribution in [0.15, 0.2) is 54.6 Å². The Balaban J connectivity index is 1.77. The first kappa shape index (κ1) is 21.8. The van der Waals surface area contributed by atoms with Crippen molar-refractivity contribution in [3.8, 4) is 5.75 Å². The summed E-state index contributed by atoms with van der Waals surface area (Å²) in [5, 5.41) is 2.88. The maximum atomic E-state index is 12.1. The number of carbonyl (C=O) groups is 1. The zero-order valence-electron chi connectivity index (χ0n) is 16.6. The van der Waals surface area contributed by atoms with Crippen LogP contribution >= 0.6 is 0 Å². The predicted molar refractivity (Wildman–Crippen MR) is 112 cm³/mol. The number of anilines is 1. The molecule has 0 fully saturated rings. The van der Waals surface area contributed by atoms with Crippen LogP contribution in [0.3, 0.4) is 0 Å². The number of sulfonamides is 1. The van der Waals surface area contributed by atoms with Crippen LogP contribution in [0.4, 0.5) is 5.69 Å². The summed E-state index contributed by atoms with van der Waals surface area (Å²) in [5.74, 6) is 0.639. The molecule has 0 unspecified atom stereocenters. The monoisotopic (exact) mass is 404 g/mol. The van der Waals surface area contributed by atoms with E-state index in [9.17, 15) is 13.2 Å². The molecule has 2 aromatic rings. The van der Waals surface area contributed by atoms with Crippen molar-refractivity contribution in [1.82, 2.24) is 5.32 Å². The van der Waals surface area contributed by atoms with Crippen LogP contribution in [0, 0.1) is 6.92 Å². The Labute approximate surface area is 167 Å². The number of rotatable bonds is 10. The fraction of sp³-hybridized carbons (Fsp3) is 0.381. The number of carbonyl (C=O) groups excluding carboxylic acids is 1. The van der Waals surface area contributed by atoms with Crippen LogP contribution in [-0.4, -0.2) is 39.8 Å². The third kappa shape index (κ3) is 7.23. The second kappa shape index (κ2) is 10.1. The lowest BCUT2D eigenvalue weighted by atomic mass is 10.2. The third-order valence-corrected chi connectivity index (χ3v) is 5.33. The molecule has 0 aliphatic heterocycles. The van der Waals surface area contributed by atoms with E-state index in [4.69, 9.17) is 4.74 Å². The first-order valence-electron chi connectivity index (χ1n) is 9.27. The highest BCUT2D eigenvalue weighted by Gasteiger charge is 2.17. The molecular weight excluding hydrogens is 376 g/mol. The minimum atomic E-state index is -3.40. The molecule has 1 amide bonds. The number of aryl methyl sites for hydroxylation is 1. The molecule has 0 spiro atoms. The van der Waals surface area contributed by atoms with E-state index in [0.717, 1.165) is 11.3 Å². The Bertz CT molecular complexity index is 852. The molecule has 6 nitrogen and oxygen atoms in total. The second-order valence-electron chi connectivity index (χ2n) is 6.87. The lowest BCUT2D eigenvalue weighted by molar-refractivity contribution is -0.121. The van der Waals surface area contributed by atoms with Crippen molar-refractivity contribution in [2.75, 3.05) is 23.7 Å². The van der Waals surface area contributed by atoms with Gasteiger partial charge in [-0.2, -0.15) is 0 Å². The van der Waals surface area contributed by atoms with Gasteiger partial charge in [-0.25, -0.2) is 8.42 Å². The number of amides is 1. The Kier molecular flexibility index (Phi) is 7.87. The molecule has 0 aliphatic carbocycles. The average molecular weight is 405 g/mol. The number of benzene rings is 2. The van der Waals surface area contributed by atoms with Gasteiger partial charge in [0.15, 0.2) is 0 Å². The molecule has 0 heterocycles. The van der Waals surface area contributed by atoms with Crippen LogP contribution in [0.1, 0.15) is 25.3 Å². The summed E-state index contributed by atoms with van der Waals surface area (Å²) in [6.45, 7) is 4.51. The Morgan fingerprint density at radius 1 is 1.11 bits per heavy atom. The van der Waals surface area contributed by atoms with Crippen LogP contribution in [-0.2, 0) is 14.8 Å². The van der Waals surface area contributed by atoms with Crippen LogP contribution in [0.25, 0.3) is 0 Å². The van der Waals surface area contributed by atoms with E-state index < -0.39 is 10.0 Å². The maximum absolute atomic E-state index is 12.1. The van der Waals surface area contributed by atoms with E-state index in [1.54, 1.807) is 24.3 Å². The summed E-state index contributed by atoms with van der Waals surface area (Å²) in [4.78, 5) is 12.1. The fourth-order valence-corrected chi connectivity index (χ4v) is 3.67. The van der Waals surface area contributed by atoms with Gasteiger partial charge in [0.2, 0.25) is 15.9 Å². The Morgan fingerprint density at radius 2 is 1.75 bits per heavy atom. The van der Waals surface area contributed by atoms with Crippen molar-refractivity contribution in [1.29, 1.82) is 0 Å². The molecule has 0 saturated heterocycles. The van der Waals surface area contributed by atoms with Crippen molar-refractivity contribution >= 4 is 21.6 Å². The number of para-hydroxylation sites is 1. The zero-order valence-corrected chi connectivity index (χ0v) is 17.4. The van der Waals surface area contributed by atoms with Gasteiger partial charge < -0.3 is 10.1 Å². The van der Waals surface area contributed by atoms with Crippen LogP contribution < -0.4 is 14.4 Å². The summed E-state index contributed by atoms with van der Waals surface area (Å²) >= 11 is 0. The first-order chi connectivity index (χ1) is 13.3. The SMILES string of the molecule is Cc1ccc(OC[C@@H](C)NC(=O)CCCN(c2ccccc2)S(C)(=O)=O)cc1. The Hall–Kier alpha value is -2.54.